The molecular weight excluding hydrogens is 252 g/mol. The molecule has 0 spiro atoms. The van der Waals surface area contributed by atoms with Crippen molar-refractivity contribution in [3.8, 4) is 0 Å². The van der Waals surface area contributed by atoms with Gasteiger partial charge in [0.05, 0.1) is 6.10 Å². The number of likely N-dealkylation sites (tertiary alicyclic amines) is 1. The average Bonchev–Trinajstić information content (AvgIpc) is 3.24. The zero-order chi connectivity index (χ0) is 13.9. The predicted octanol–water partition coefficient (Wildman–Crippen LogP) is 1.46. The van der Waals surface area contributed by atoms with E-state index >= 15 is 0 Å². The first-order valence-electron chi connectivity index (χ1n) is 7.51. The number of rotatable bonds is 4. The third-order valence-electron chi connectivity index (χ3n) is 4.08. The zero-order valence-corrected chi connectivity index (χ0v) is 11.7. The Kier molecular flexibility index (Phi) is 4.03. The molecule has 4 nitrogen and oxygen atoms in total. The number of nitrogens with one attached hydrogen (secondary N) is 1. The predicted molar refractivity (Wildman–Crippen MR) is 77.2 cm³/mol. The number of nitrogens with zero attached hydrogens (tertiary/aromatic N) is 1. The number of piperidine rings is 1. The third kappa shape index (κ3) is 3.19. The molecule has 1 amide bonds. The molecule has 1 saturated carbocycles. The summed E-state index contributed by atoms with van der Waals surface area (Å²) >= 11 is 0. The van der Waals surface area contributed by atoms with E-state index in [-0.39, 0.29) is 18.1 Å². The van der Waals surface area contributed by atoms with Crippen molar-refractivity contribution in [2.24, 2.45) is 0 Å². The molecule has 0 radical (unpaired) electrons. The Morgan fingerprint density at radius 2 is 2.00 bits per heavy atom. The molecule has 2 aliphatic rings. The summed E-state index contributed by atoms with van der Waals surface area (Å²) in [4.78, 5) is 14.7. The van der Waals surface area contributed by atoms with Gasteiger partial charge in [0.25, 0.3) is 0 Å². The van der Waals surface area contributed by atoms with Crippen LogP contribution in [0.25, 0.3) is 0 Å². The van der Waals surface area contributed by atoms with Gasteiger partial charge in [-0.05, 0) is 37.8 Å². The van der Waals surface area contributed by atoms with Crippen molar-refractivity contribution in [1.82, 2.24) is 10.2 Å². The zero-order valence-electron chi connectivity index (χ0n) is 11.7. The minimum Gasteiger partial charge on any atom is -0.392 e. The molecule has 1 heterocycles. The fraction of sp³-hybridized carbons (Fsp3) is 0.562. The molecule has 1 aromatic carbocycles. The summed E-state index contributed by atoms with van der Waals surface area (Å²) in [6.45, 7) is 1.45. The van der Waals surface area contributed by atoms with Crippen molar-refractivity contribution in [1.29, 1.82) is 0 Å². The van der Waals surface area contributed by atoms with Gasteiger partial charge in [0.2, 0.25) is 5.91 Å². The van der Waals surface area contributed by atoms with Gasteiger partial charge in [0.15, 0.2) is 0 Å². The monoisotopic (exact) mass is 274 g/mol. The van der Waals surface area contributed by atoms with Gasteiger partial charge in [-0.25, -0.2) is 0 Å². The fourth-order valence-electron chi connectivity index (χ4n) is 2.89. The van der Waals surface area contributed by atoms with Crippen LogP contribution >= 0.6 is 0 Å². The van der Waals surface area contributed by atoms with Crippen LogP contribution in [0.4, 0.5) is 0 Å². The van der Waals surface area contributed by atoms with Crippen molar-refractivity contribution in [2.45, 2.75) is 43.9 Å². The highest BCUT2D eigenvalue weighted by Crippen LogP contribution is 2.27. The van der Waals surface area contributed by atoms with Gasteiger partial charge in [-0.1, -0.05) is 30.3 Å². The second kappa shape index (κ2) is 5.94. The largest absolute Gasteiger partial charge is 0.392 e. The summed E-state index contributed by atoms with van der Waals surface area (Å²) in [6, 6.07) is 9.98. The summed E-state index contributed by atoms with van der Waals surface area (Å²) in [5, 5.41) is 13.0. The molecular formula is C16H22N2O2. The van der Waals surface area contributed by atoms with E-state index < -0.39 is 0 Å². The van der Waals surface area contributed by atoms with Gasteiger partial charge >= 0.3 is 0 Å². The van der Waals surface area contributed by atoms with E-state index in [2.05, 4.69) is 10.2 Å². The molecule has 3 rings (SSSR count). The number of benzene rings is 1. The number of amides is 1. The number of aliphatic hydroxyl groups is 1. The van der Waals surface area contributed by atoms with Crippen LogP contribution in [0.2, 0.25) is 0 Å². The van der Waals surface area contributed by atoms with E-state index in [4.69, 9.17) is 0 Å². The molecule has 0 aromatic heterocycles. The van der Waals surface area contributed by atoms with Crippen LogP contribution in [0.3, 0.4) is 0 Å². The Morgan fingerprint density at radius 1 is 1.25 bits per heavy atom. The molecule has 20 heavy (non-hydrogen) atoms. The quantitative estimate of drug-likeness (QED) is 0.874. The van der Waals surface area contributed by atoms with Crippen molar-refractivity contribution in [3.05, 3.63) is 35.9 Å². The number of carbonyl (C=O) groups excluding carboxylic acids is 1. The molecule has 1 aromatic rings. The SMILES string of the molecule is O=C(NC1CC1)C(c1ccccc1)N1CCCC(O)C1. The second-order valence-corrected chi connectivity index (χ2v) is 5.89. The van der Waals surface area contributed by atoms with Crippen molar-refractivity contribution >= 4 is 5.91 Å². The molecule has 2 atom stereocenters. The standard InChI is InChI=1S/C16H22N2O2/c19-14-7-4-10-18(11-14)15(12-5-2-1-3-6-12)16(20)17-13-8-9-13/h1-3,5-6,13-15,19H,4,7-11H2,(H,17,20). The van der Waals surface area contributed by atoms with Crippen molar-refractivity contribution in [3.63, 3.8) is 0 Å². The van der Waals surface area contributed by atoms with Crippen molar-refractivity contribution < 1.29 is 9.90 Å². The minimum atomic E-state index is -0.316. The van der Waals surface area contributed by atoms with E-state index in [1.165, 1.54) is 0 Å². The van der Waals surface area contributed by atoms with E-state index in [0.717, 1.165) is 37.8 Å². The first-order chi connectivity index (χ1) is 9.74. The second-order valence-electron chi connectivity index (χ2n) is 5.89. The summed E-state index contributed by atoms with van der Waals surface area (Å²) in [5.41, 5.74) is 1.01. The highest BCUT2D eigenvalue weighted by atomic mass is 16.3. The Morgan fingerprint density at radius 3 is 2.65 bits per heavy atom. The molecule has 2 fully saturated rings. The van der Waals surface area contributed by atoms with Crippen LogP contribution in [0.5, 0.6) is 0 Å². The summed E-state index contributed by atoms with van der Waals surface area (Å²) in [5.74, 6) is 0.0767. The highest BCUT2D eigenvalue weighted by molar-refractivity contribution is 5.83. The van der Waals surface area contributed by atoms with E-state index in [0.29, 0.717) is 12.6 Å². The maximum absolute atomic E-state index is 12.6. The van der Waals surface area contributed by atoms with Gasteiger partial charge in [-0.15, -0.1) is 0 Å². The average molecular weight is 274 g/mol. The van der Waals surface area contributed by atoms with Crippen LogP contribution in [-0.4, -0.2) is 41.1 Å². The van der Waals surface area contributed by atoms with Crippen LogP contribution in [0.15, 0.2) is 30.3 Å². The van der Waals surface area contributed by atoms with E-state index in [9.17, 15) is 9.90 Å². The number of β-amino-alcohol motifs (C(OH)–C–C–N with tert-alkyl or cyclic N) is 1. The van der Waals surface area contributed by atoms with Crippen LogP contribution in [-0.2, 0) is 4.79 Å². The molecule has 0 bridgehead atoms. The Bertz CT molecular complexity index is 459. The number of aliphatic hydroxyl groups excluding tert-OH is 1. The van der Waals surface area contributed by atoms with Crippen LogP contribution in [0.1, 0.15) is 37.3 Å². The molecule has 2 unspecified atom stereocenters. The minimum absolute atomic E-state index is 0.0767. The lowest BCUT2D eigenvalue weighted by Crippen LogP contribution is -2.47. The van der Waals surface area contributed by atoms with Crippen LogP contribution < -0.4 is 5.32 Å². The Hall–Kier alpha value is -1.39. The van der Waals surface area contributed by atoms with Gasteiger partial charge < -0.3 is 10.4 Å². The molecule has 1 aliphatic heterocycles. The summed E-state index contributed by atoms with van der Waals surface area (Å²) in [6.07, 6.45) is 3.65. The summed E-state index contributed by atoms with van der Waals surface area (Å²) in [7, 11) is 0. The Labute approximate surface area is 119 Å². The van der Waals surface area contributed by atoms with Crippen LogP contribution in [0, 0.1) is 0 Å². The van der Waals surface area contributed by atoms with E-state index in [1.54, 1.807) is 0 Å². The number of hydrogen-bond acceptors (Lipinski definition) is 3. The van der Waals surface area contributed by atoms with Gasteiger partial charge in [0, 0.05) is 12.6 Å². The van der Waals surface area contributed by atoms with Crippen molar-refractivity contribution in [2.75, 3.05) is 13.1 Å². The first kappa shape index (κ1) is 13.6. The lowest BCUT2D eigenvalue weighted by molar-refractivity contribution is -0.128. The fourth-order valence-corrected chi connectivity index (χ4v) is 2.89. The Balaban J connectivity index is 1.80. The lowest BCUT2D eigenvalue weighted by Gasteiger charge is -2.36. The smallest absolute Gasteiger partial charge is 0.242 e. The van der Waals surface area contributed by atoms with E-state index in [1.807, 2.05) is 30.3 Å². The van der Waals surface area contributed by atoms with Gasteiger partial charge in [-0.2, -0.15) is 0 Å². The molecule has 1 saturated heterocycles. The molecule has 1 aliphatic carbocycles. The third-order valence-corrected chi connectivity index (χ3v) is 4.08. The van der Waals surface area contributed by atoms with Gasteiger partial charge in [-0.3, -0.25) is 9.69 Å². The maximum Gasteiger partial charge on any atom is 0.242 e. The summed E-state index contributed by atoms with van der Waals surface area (Å²) < 4.78 is 0. The molecule has 2 N–H and O–H groups in total. The topological polar surface area (TPSA) is 52.6 Å². The highest BCUT2D eigenvalue weighted by Gasteiger charge is 2.34. The molecule has 108 valence electrons. The first-order valence-corrected chi connectivity index (χ1v) is 7.51. The lowest BCUT2D eigenvalue weighted by atomic mass is 10.00. The normalized spacial score (nSPS) is 25.1. The maximum atomic E-state index is 12.6. The molecule has 4 heteroatoms. The number of carbonyl (C=O) groups is 1. The van der Waals surface area contributed by atoms with Gasteiger partial charge in [0.1, 0.15) is 6.04 Å². The number of hydrogen-bond donors (Lipinski definition) is 2.